The summed E-state index contributed by atoms with van der Waals surface area (Å²) < 4.78 is 15.8. The van der Waals surface area contributed by atoms with Gasteiger partial charge in [0.2, 0.25) is 11.7 Å². The summed E-state index contributed by atoms with van der Waals surface area (Å²) in [6.07, 6.45) is 3.06. The summed E-state index contributed by atoms with van der Waals surface area (Å²) in [5, 5.41) is 2.72. The fraction of sp³-hybridized carbons (Fsp3) is 0.167. The van der Waals surface area contributed by atoms with Crippen LogP contribution >= 0.6 is 0 Å². The Morgan fingerprint density at radius 1 is 1.04 bits per heavy atom. The SMILES string of the molecule is COc1cc(/C=C/C(=O)Nc2ccccc2N)cc(OC)c1OC. The molecule has 0 atom stereocenters. The Bertz CT molecular complexity index is 731. The number of benzene rings is 2. The number of carbonyl (C=O) groups excluding carboxylic acids is 1. The first-order chi connectivity index (χ1) is 11.6. The van der Waals surface area contributed by atoms with E-state index in [4.69, 9.17) is 19.9 Å². The quantitative estimate of drug-likeness (QED) is 0.629. The lowest BCUT2D eigenvalue weighted by molar-refractivity contribution is -0.111. The summed E-state index contributed by atoms with van der Waals surface area (Å²) in [7, 11) is 4.61. The summed E-state index contributed by atoms with van der Waals surface area (Å²) >= 11 is 0. The lowest BCUT2D eigenvalue weighted by Crippen LogP contribution is -2.09. The van der Waals surface area contributed by atoms with E-state index in [9.17, 15) is 4.79 Å². The van der Waals surface area contributed by atoms with Crippen LogP contribution in [0.2, 0.25) is 0 Å². The van der Waals surface area contributed by atoms with Crippen molar-refractivity contribution in [2.75, 3.05) is 32.4 Å². The van der Waals surface area contributed by atoms with Gasteiger partial charge in [0, 0.05) is 6.08 Å². The second kappa shape index (κ2) is 7.92. The molecule has 0 aromatic heterocycles. The summed E-state index contributed by atoms with van der Waals surface area (Å²) in [5.74, 6) is 1.24. The Morgan fingerprint density at radius 2 is 1.67 bits per heavy atom. The molecule has 2 aromatic rings. The first-order valence-electron chi connectivity index (χ1n) is 7.22. The molecule has 0 bridgehead atoms. The van der Waals surface area contributed by atoms with Crippen LogP contribution < -0.4 is 25.3 Å². The molecule has 0 aliphatic heterocycles. The largest absolute Gasteiger partial charge is 0.493 e. The van der Waals surface area contributed by atoms with E-state index in [1.54, 1.807) is 42.5 Å². The van der Waals surface area contributed by atoms with Crippen LogP contribution in [-0.4, -0.2) is 27.2 Å². The van der Waals surface area contributed by atoms with Crippen LogP contribution in [0.3, 0.4) is 0 Å². The maximum Gasteiger partial charge on any atom is 0.248 e. The second-order valence-electron chi connectivity index (χ2n) is 4.87. The van der Waals surface area contributed by atoms with E-state index in [0.717, 1.165) is 5.56 Å². The lowest BCUT2D eigenvalue weighted by atomic mass is 10.1. The van der Waals surface area contributed by atoms with Gasteiger partial charge in [-0.1, -0.05) is 12.1 Å². The third-order valence-electron chi connectivity index (χ3n) is 3.33. The lowest BCUT2D eigenvalue weighted by Gasteiger charge is -2.12. The van der Waals surface area contributed by atoms with E-state index >= 15 is 0 Å². The van der Waals surface area contributed by atoms with Crippen molar-refractivity contribution in [2.24, 2.45) is 0 Å². The van der Waals surface area contributed by atoms with Crippen LogP contribution in [0.15, 0.2) is 42.5 Å². The molecule has 24 heavy (non-hydrogen) atoms. The van der Waals surface area contributed by atoms with E-state index in [1.165, 1.54) is 27.4 Å². The fourth-order valence-corrected chi connectivity index (χ4v) is 2.15. The van der Waals surface area contributed by atoms with Gasteiger partial charge in [-0.05, 0) is 35.9 Å². The number of amides is 1. The predicted molar refractivity (Wildman–Crippen MR) is 94.6 cm³/mol. The average molecular weight is 328 g/mol. The minimum absolute atomic E-state index is 0.290. The van der Waals surface area contributed by atoms with Gasteiger partial charge in [0.15, 0.2) is 11.5 Å². The molecule has 0 unspecified atom stereocenters. The molecule has 0 fully saturated rings. The Kier molecular flexibility index (Phi) is 5.68. The number of hydrogen-bond acceptors (Lipinski definition) is 5. The predicted octanol–water partition coefficient (Wildman–Crippen LogP) is 2.95. The highest BCUT2D eigenvalue weighted by Gasteiger charge is 2.12. The fourth-order valence-electron chi connectivity index (χ4n) is 2.15. The van der Waals surface area contributed by atoms with Crippen molar-refractivity contribution < 1.29 is 19.0 Å². The minimum atomic E-state index is -0.290. The average Bonchev–Trinajstić information content (AvgIpc) is 2.60. The highest BCUT2D eigenvalue weighted by Crippen LogP contribution is 2.38. The molecule has 6 nitrogen and oxygen atoms in total. The molecule has 0 aliphatic rings. The van der Waals surface area contributed by atoms with Gasteiger partial charge in [0.1, 0.15) is 0 Å². The van der Waals surface area contributed by atoms with Gasteiger partial charge in [0.05, 0.1) is 32.7 Å². The standard InChI is InChI=1S/C18H20N2O4/c1-22-15-10-12(11-16(23-2)18(15)24-3)8-9-17(21)20-14-7-5-4-6-13(14)19/h4-11H,19H2,1-3H3,(H,20,21)/b9-8+. The summed E-state index contributed by atoms with van der Waals surface area (Å²) in [6.45, 7) is 0. The van der Waals surface area contributed by atoms with Crippen LogP contribution in [0.25, 0.3) is 6.08 Å². The van der Waals surface area contributed by atoms with Gasteiger partial charge in [0.25, 0.3) is 0 Å². The van der Waals surface area contributed by atoms with Crippen molar-refractivity contribution >= 4 is 23.4 Å². The number of hydrogen-bond donors (Lipinski definition) is 2. The summed E-state index contributed by atoms with van der Waals surface area (Å²) in [4.78, 5) is 12.0. The molecule has 6 heteroatoms. The summed E-state index contributed by atoms with van der Waals surface area (Å²) in [5.41, 5.74) is 7.61. The number of rotatable bonds is 6. The first kappa shape index (κ1) is 17.2. The zero-order chi connectivity index (χ0) is 17.5. The molecule has 0 spiro atoms. The van der Waals surface area contributed by atoms with Crippen molar-refractivity contribution in [2.45, 2.75) is 0 Å². The van der Waals surface area contributed by atoms with E-state index in [-0.39, 0.29) is 5.91 Å². The van der Waals surface area contributed by atoms with E-state index in [2.05, 4.69) is 5.32 Å². The van der Waals surface area contributed by atoms with Gasteiger partial charge in [-0.2, -0.15) is 0 Å². The van der Waals surface area contributed by atoms with Gasteiger partial charge in [-0.3, -0.25) is 4.79 Å². The molecule has 1 amide bonds. The molecule has 0 saturated heterocycles. The van der Waals surface area contributed by atoms with Crippen molar-refractivity contribution in [3.05, 3.63) is 48.0 Å². The van der Waals surface area contributed by atoms with Crippen molar-refractivity contribution in [1.29, 1.82) is 0 Å². The third kappa shape index (κ3) is 3.98. The number of para-hydroxylation sites is 2. The molecule has 2 aromatic carbocycles. The topological polar surface area (TPSA) is 82.8 Å². The molecule has 126 valence electrons. The third-order valence-corrected chi connectivity index (χ3v) is 3.33. The van der Waals surface area contributed by atoms with Crippen molar-refractivity contribution in [3.63, 3.8) is 0 Å². The first-order valence-corrected chi connectivity index (χ1v) is 7.22. The monoisotopic (exact) mass is 328 g/mol. The highest BCUT2D eigenvalue weighted by atomic mass is 16.5. The maximum absolute atomic E-state index is 12.0. The van der Waals surface area contributed by atoms with Crippen LogP contribution in [0.1, 0.15) is 5.56 Å². The number of nitrogens with one attached hydrogen (secondary N) is 1. The molecular formula is C18H20N2O4. The normalized spacial score (nSPS) is 10.5. The van der Waals surface area contributed by atoms with E-state index < -0.39 is 0 Å². The van der Waals surface area contributed by atoms with Crippen molar-refractivity contribution in [1.82, 2.24) is 0 Å². The summed E-state index contributed by atoms with van der Waals surface area (Å²) in [6, 6.07) is 10.6. The smallest absolute Gasteiger partial charge is 0.248 e. The Hall–Kier alpha value is -3.15. The van der Waals surface area contributed by atoms with E-state index in [0.29, 0.717) is 28.6 Å². The zero-order valence-electron chi connectivity index (χ0n) is 13.8. The van der Waals surface area contributed by atoms with Crippen LogP contribution in [0.5, 0.6) is 17.2 Å². The molecule has 0 saturated carbocycles. The van der Waals surface area contributed by atoms with Gasteiger partial charge in [-0.15, -0.1) is 0 Å². The molecule has 0 heterocycles. The molecule has 0 aliphatic carbocycles. The molecule has 3 N–H and O–H groups in total. The minimum Gasteiger partial charge on any atom is -0.493 e. The number of anilines is 2. The van der Waals surface area contributed by atoms with Crippen LogP contribution in [0.4, 0.5) is 11.4 Å². The number of nitrogen functional groups attached to an aromatic ring is 1. The number of methoxy groups -OCH3 is 3. The van der Waals surface area contributed by atoms with E-state index in [1.807, 2.05) is 0 Å². The highest BCUT2D eigenvalue weighted by molar-refractivity contribution is 6.03. The van der Waals surface area contributed by atoms with Gasteiger partial charge < -0.3 is 25.3 Å². The molecular weight excluding hydrogens is 308 g/mol. The number of nitrogens with two attached hydrogens (primary N) is 1. The van der Waals surface area contributed by atoms with Crippen LogP contribution in [-0.2, 0) is 4.79 Å². The number of carbonyl (C=O) groups is 1. The Labute approximate surface area is 140 Å². The zero-order valence-corrected chi connectivity index (χ0v) is 13.8. The second-order valence-corrected chi connectivity index (χ2v) is 4.87. The maximum atomic E-state index is 12.0. The Morgan fingerprint density at radius 3 is 2.21 bits per heavy atom. The Balaban J connectivity index is 2.19. The van der Waals surface area contributed by atoms with Crippen molar-refractivity contribution in [3.8, 4) is 17.2 Å². The van der Waals surface area contributed by atoms with Crippen LogP contribution in [0, 0.1) is 0 Å². The van der Waals surface area contributed by atoms with Gasteiger partial charge >= 0.3 is 0 Å². The van der Waals surface area contributed by atoms with Gasteiger partial charge in [-0.25, -0.2) is 0 Å². The number of ether oxygens (including phenoxy) is 3. The molecule has 0 radical (unpaired) electrons. The molecule has 2 rings (SSSR count).